The Morgan fingerprint density at radius 1 is 0.476 bits per heavy atom. The molecule has 0 aliphatic carbocycles. The lowest BCUT2D eigenvalue weighted by Gasteiger charge is -2.06. The fraction of sp³-hybridized carbons (Fsp3) is 0. The Morgan fingerprint density at radius 3 is 1.57 bits per heavy atom. The third kappa shape index (κ3) is 3.83. The highest BCUT2D eigenvalue weighted by Gasteiger charge is 1.93. The number of hydrogen-bond acceptors (Lipinski definition) is 1. The average molecular weight is 271 g/mol. The van der Waals surface area contributed by atoms with Crippen LogP contribution in [0.3, 0.4) is 0 Å². The van der Waals surface area contributed by atoms with E-state index < -0.39 is 0 Å². The molecule has 0 saturated carbocycles. The van der Waals surface area contributed by atoms with E-state index >= 15 is 0 Å². The van der Waals surface area contributed by atoms with Crippen LogP contribution in [0.5, 0.6) is 0 Å². The molecule has 1 heteroatoms. The molecule has 0 aliphatic heterocycles. The van der Waals surface area contributed by atoms with E-state index in [1.807, 2.05) is 36.4 Å². The zero-order valence-corrected chi connectivity index (χ0v) is 11.7. The number of nitrogens with one attached hydrogen (secondary N) is 1. The number of anilines is 2. The van der Waals surface area contributed by atoms with Gasteiger partial charge in [0.25, 0.3) is 0 Å². The highest BCUT2D eigenvalue weighted by atomic mass is 14.9. The lowest BCUT2D eigenvalue weighted by Crippen LogP contribution is -1.88. The van der Waals surface area contributed by atoms with E-state index in [1.165, 1.54) is 11.1 Å². The molecule has 0 fully saturated rings. The van der Waals surface area contributed by atoms with Crippen molar-refractivity contribution in [2.24, 2.45) is 0 Å². The van der Waals surface area contributed by atoms with Crippen LogP contribution in [0.15, 0.2) is 84.9 Å². The maximum absolute atomic E-state index is 3.38. The van der Waals surface area contributed by atoms with E-state index in [2.05, 4.69) is 66.0 Å². The van der Waals surface area contributed by atoms with E-state index in [1.54, 1.807) is 0 Å². The fourth-order valence-electron chi connectivity index (χ4n) is 2.12. The van der Waals surface area contributed by atoms with Crippen LogP contribution in [0.25, 0.3) is 12.2 Å². The standard InChI is InChI=1S/C20H17N/c1-3-7-17(8-4-1)11-12-18-13-15-20(16-14-18)21-19-9-5-2-6-10-19/h1-16,21H. The second-order valence-electron chi connectivity index (χ2n) is 4.86. The summed E-state index contributed by atoms with van der Waals surface area (Å²) < 4.78 is 0. The fourth-order valence-corrected chi connectivity index (χ4v) is 2.12. The van der Waals surface area contributed by atoms with Gasteiger partial charge in [-0.15, -0.1) is 0 Å². The summed E-state index contributed by atoms with van der Waals surface area (Å²) in [7, 11) is 0. The van der Waals surface area contributed by atoms with E-state index in [0.717, 1.165) is 11.4 Å². The van der Waals surface area contributed by atoms with Gasteiger partial charge < -0.3 is 5.32 Å². The van der Waals surface area contributed by atoms with Crippen molar-refractivity contribution < 1.29 is 0 Å². The quantitative estimate of drug-likeness (QED) is 0.609. The van der Waals surface area contributed by atoms with Gasteiger partial charge in [-0.1, -0.05) is 72.8 Å². The molecule has 1 nitrogen and oxygen atoms in total. The summed E-state index contributed by atoms with van der Waals surface area (Å²) in [6, 6.07) is 28.9. The second kappa shape index (κ2) is 6.58. The van der Waals surface area contributed by atoms with E-state index in [-0.39, 0.29) is 0 Å². The summed E-state index contributed by atoms with van der Waals surface area (Å²) in [5.41, 5.74) is 4.60. The van der Waals surface area contributed by atoms with Gasteiger partial charge in [-0.3, -0.25) is 0 Å². The molecule has 102 valence electrons. The third-order valence-electron chi connectivity index (χ3n) is 3.24. The molecule has 1 N–H and O–H groups in total. The maximum Gasteiger partial charge on any atom is 0.0384 e. The molecule has 0 spiro atoms. The molecule has 0 atom stereocenters. The van der Waals surface area contributed by atoms with Gasteiger partial charge >= 0.3 is 0 Å². The minimum absolute atomic E-state index is 1.10. The van der Waals surface area contributed by atoms with Crippen LogP contribution in [-0.4, -0.2) is 0 Å². The Labute approximate surface area is 125 Å². The van der Waals surface area contributed by atoms with E-state index in [9.17, 15) is 0 Å². The SMILES string of the molecule is C(=Cc1ccc(Nc2ccccc2)cc1)c1ccccc1. The molecule has 0 unspecified atom stereocenters. The average Bonchev–Trinajstić information content (AvgIpc) is 2.56. The summed E-state index contributed by atoms with van der Waals surface area (Å²) in [5, 5.41) is 3.38. The van der Waals surface area contributed by atoms with Gasteiger partial charge in [-0.2, -0.15) is 0 Å². The summed E-state index contributed by atoms with van der Waals surface area (Å²) in [5.74, 6) is 0. The van der Waals surface area contributed by atoms with Crippen molar-refractivity contribution >= 4 is 23.5 Å². The van der Waals surface area contributed by atoms with Crippen molar-refractivity contribution in [1.82, 2.24) is 0 Å². The summed E-state index contributed by atoms with van der Waals surface area (Å²) >= 11 is 0. The summed E-state index contributed by atoms with van der Waals surface area (Å²) in [6.45, 7) is 0. The van der Waals surface area contributed by atoms with Crippen LogP contribution in [0.1, 0.15) is 11.1 Å². The molecule has 21 heavy (non-hydrogen) atoms. The first-order valence-corrected chi connectivity index (χ1v) is 7.05. The molecule has 0 saturated heterocycles. The monoisotopic (exact) mass is 271 g/mol. The zero-order valence-electron chi connectivity index (χ0n) is 11.7. The van der Waals surface area contributed by atoms with Crippen molar-refractivity contribution in [2.45, 2.75) is 0 Å². The molecule has 0 radical (unpaired) electrons. The van der Waals surface area contributed by atoms with Gasteiger partial charge in [0, 0.05) is 11.4 Å². The number of hydrogen-bond donors (Lipinski definition) is 1. The van der Waals surface area contributed by atoms with Crippen molar-refractivity contribution in [3.8, 4) is 0 Å². The molecular weight excluding hydrogens is 254 g/mol. The van der Waals surface area contributed by atoms with Gasteiger partial charge in [-0.25, -0.2) is 0 Å². The number of para-hydroxylation sites is 1. The Kier molecular flexibility index (Phi) is 4.13. The molecule has 0 aromatic heterocycles. The Balaban J connectivity index is 1.68. The number of benzene rings is 3. The molecule has 0 amide bonds. The summed E-state index contributed by atoms with van der Waals surface area (Å²) in [6.07, 6.45) is 4.25. The van der Waals surface area contributed by atoms with Gasteiger partial charge in [0.05, 0.1) is 0 Å². The van der Waals surface area contributed by atoms with Crippen LogP contribution in [-0.2, 0) is 0 Å². The van der Waals surface area contributed by atoms with Crippen molar-refractivity contribution in [3.05, 3.63) is 96.1 Å². The lowest BCUT2D eigenvalue weighted by molar-refractivity contribution is 1.54. The predicted octanol–water partition coefficient (Wildman–Crippen LogP) is 5.60. The molecule has 3 aromatic carbocycles. The Bertz CT molecular complexity index is 698. The minimum atomic E-state index is 1.10. The van der Waals surface area contributed by atoms with Gasteiger partial charge in [-0.05, 0) is 35.4 Å². The van der Waals surface area contributed by atoms with Crippen LogP contribution in [0.4, 0.5) is 11.4 Å². The first-order chi connectivity index (χ1) is 10.4. The Morgan fingerprint density at radius 2 is 0.952 bits per heavy atom. The topological polar surface area (TPSA) is 12.0 Å². The first kappa shape index (κ1) is 13.2. The van der Waals surface area contributed by atoms with Gasteiger partial charge in [0.2, 0.25) is 0 Å². The van der Waals surface area contributed by atoms with Gasteiger partial charge in [0.15, 0.2) is 0 Å². The van der Waals surface area contributed by atoms with Crippen LogP contribution >= 0.6 is 0 Å². The van der Waals surface area contributed by atoms with E-state index in [4.69, 9.17) is 0 Å². The molecule has 0 bridgehead atoms. The Hall–Kier alpha value is -2.80. The lowest BCUT2D eigenvalue weighted by atomic mass is 10.1. The molecular formula is C20H17N. The third-order valence-corrected chi connectivity index (χ3v) is 3.24. The van der Waals surface area contributed by atoms with Crippen LogP contribution in [0, 0.1) is 0 Å². The molecule has 0 heterocycles. The maximum atomic E-state index is 3.38. The smallest absolute Gasteiger partial charge is 0.0384 e. The van der Waals surface area contributed by atoms with Crippen molar-refractivity contribution in [3.63, 3.8) is 0 Å². The minimum Gasteiger partial charge on any atom is -0.356 e. The molecule has 3 rings (SSSR count). The summed E-state index contributed by atoms with van der Waals surface area (Å²) in [4.78, 5) is 0. The highest BCUT2D eigenvalue weighted by molar-refractivity contribution is 5.71. The normalized spacial score (nSPS) is 10.7. The van der Waals surface area contributed by atoms with E-state index in [0.29, 0.717) is 0 Å². The first-order valence-electron chi connectivity index (χ1n) is 7.05. The largest absolute Gasteiger partial charge is 0.356 e. The van der Waals surface area contributed by atoms with Crippen LogP contribution < -0.4 is 5.32 Å². The zero-order chi connectivity index (χ0) is 14.3. The molecule has 0 aliphatic rings. The van der Waals surface area contributed by atoms with Gasteiger partial charge in [0.1, 0.15) is 0 Å². The molecule has 3 aromatic rings. The number of rotatable bonds is 4. The van der Waals surface area contributed by atoms with Crippen LogP contribution in [0.2, 0.25) is 0 Å². The predicted molar refractivity (Wildman–Crippen MR) is 91.5 cm³/mol. The van der Waals surface area contributed by atoms with Crippen molar-refractivity contribution in [2.75, 3.05) is 5.32 Å². The second-order valence-corrected chi connectivity index (χ2v) is 4.86. The van der Waals surface area contributed by atoms with Crippen molar-refractivity contribution in [1.29, 1.82) is 0 Å². The highest BCUT2D eigenvalue weighted by Crippen LogP contribution is 2.17.